The van der Waals surface area contributed by atoms with Crippen LogP contribution in [-0.4, -0.2) is 17.2 Å². The average molecular weight is 974 g/mol. The van der Waals surface area contributed by atoms with E-state index in [1.165, 1.54) is 118 Å². The van der Waals surface area contributed by atoms with Crippen molar-refractivity contribution in [2.24, 2.45) is 35.5 Å². The molecule has 4 aromatic rings. The van der Waals surface area contributed by atoms with Crippen LogP contribution in [0.2, 0.25) is 0 Å². The zero-order chi connectivity index (χ0) is 47.5. The van der Waals surface area contributed by atoms with E-state index in [4.69, 9.17) is 10.0 Å². The van der Waals surface area contributed by atoms with Gasteiger partial charge in [-0.25, -0.2) is 17.6 Å². The molecule has 0 aromatic heterocycles. The molecule has 4 fully saturated rings. The van der Waals surface area contributed by atoms with Gasteiger partial charge in [0.25, 0.3) is 0 Å². The summed E-state index contributed by atoms with van der Waals surface area (Å²) in [5.74, 6) is 1.96. The highest BCUT2D eigenvalue weighted by Crippen LogP contribution is 2.47. The van der Waals surface area contributed by atoms with E-state index in [0.29, 0.717) is 16.7 Å². The number of hydrogen-bond acceptors (Lipinski definition) is 2. The summed E-state index contributed by atoms with van der Waals surface area (Å²) in [4.78, 5) is 0. The molecule has 0 bridgehead atoms. The van der Waals surface area contributed by atoms with Crippen LogP contribution in [0.25, 0.3) is 11.1 Å². The molecule has 360 valence electrons. The normalized spacial score (nSPS) is 25.5. The van der Waals surface area contributed by atoms with Gasteiger partial charge in [0.1, 0.15) is 0 Å². The Hall–Kier alpha value is -2.94. The van der Waals surface area contributed by atoms with Crippen LogP contribution in [0.4, 0.5) is 17.6 Å². The third-order valence-electron chi connectivity index (χ3n) is 16.2. The zero-order valence-corrected chi connectivity index (χ0v) is 42.5. The molecule has 0 spiro atoms. The van der Waals surface area contributed by atoms with Crippen molar-refractivity contribution in [1.82, 2.24) is 0 Å². The van der Waals surface area contributed by atoms with Crippen molar-refractivity contribution < 1.29 is 27.6 Å². The smallest absolute Gasteiger partial charge is 0.423 e. The molecule has 4 aliphatic carbocycles. The summed E-state index contributed by atoms with van der Waals surface area (Å²) in [7, 11) is -1.97. The highest BCUT2D eigenvalue weighted by atomic mass is 79.9. The molecule has 0 atom stereocenters. The van der Waals surface area contributed by atoms with Crippen LogP contribution in [0.3, 0.4) is 0 Å². The van der Waals surface area contributed by atoms with E-state index in [9.17, 15) is 8.78 Å². The summed E-state index contributed by atoms with van der Waals surface area (Å²) >= 11 is 3.41. The summed E-state index contributed by atoms with van der Waals surface area (Å²) in [6.45, 7) is 12.7. The van der Waals surface area contributed by atoms with Crippen molar-refractivity contribution in [3.8, 4) is 11.1 Å². The zero-order valence-electron chi connectivity index (χ0n) is 40.9. The number of hydrogen-bond donors (Lipinski definition) is 2. The van der Waals surface area contributed by atoms with Crippen molar-refractivity contribution in [2.45, 2.75) is 182 Å². The van der Waals surface area contributed by atoms with Crippen molar-refractivity contribution in [3.63, 3.8) is 0 Å². The molecule has 0 unspecified atom stereocenters. The van der Waals surface area contributed by atoms with Gasteiger partial charge in [-0.15, -0.1) is 0 Å². The molecule has 0 amide bonds. The van der Waals surface area contributed by atoms with Gasteiger partial charge < -0.3 is 10.0 Å². The maximum absolute atomic E-state index is 15.1. The van der Waals surface area contributed by atoms with Gasteiger partial charge in [0.05, 0.1) is 0 Å². The Bertz CT molecular complexity index is 2070. The first-order chi connectivity index (χ1) is 31.6. The lowest BCUT2D eigenvalue weighted by atomic mass is 9.67. The predicted molar refractivity (Wildman–Crippen MR) is 271 cm³/mol. The minimum absolute atomic E-state index is 0.0436. The number of aryl methyl sites for hydroxylation is 4. The Kier molecular flexibility index (Phi) is 19.9. The molecule has 8 rings (SSSR count). The molecule has 0 radical (unpaired) electrons. The van der Waals surface area contributed by atoms with E-state index in [1.807, 2.05) is 32.0 Å². The van der Waals surface area contributed by atoms with Gasteiger partial charge in [-0.1, -0.05) is 141 Å². The van der Waals surface area contributed by atoms with Crippen LogP contribution >= 0.6 is 15.9 Å². The Morgan fingerprint density at radius 3 is 1.21 bits per heavy atom. The van der Waals surface area contributed by atoms with E-state index < -0.39 is 30.4 Å². The molecule has 2 N–H and O–H groups in total. The number of benzene rings is 4. The predicted octanol–water partition coefficient (Wildman–Crippen LogP) is 16.7. The lowest BCUT2D eigenvalue weighted by Crippen LogP contribution is -2.34. The Morgan fingerprint density at radius 2 is 0.833 bits per heavy atom. The summed E-state index contributed by atoms with van der Waals surface area (Å²) in [6, 6.07) is 18.8. The summed E-state index contributed by atoms with van der Waals surface area (Å²) in [5, 5.41) is 18.2. The van der Waals surface area contributed by atoms with Gasteiger partial charge in [0.15, 0.2) is 23.3 Å². The number of halogens is 5. The number of rotatable bonds is 10. The molecular formula is C58H78BBrF4O2. The fourth-order valence-corrected chi connectivity index (χ4v) is 13.5. The van der Waals surface area contributed by atoms with Crippen molar-refractivity contribution in [2.75, 3.05) is 0 Å². The minimum atomic E-state index is -1.97. The quantitative estimate of drug-likeness (QED) is 0.123. The van der Waals surface area contributed by atoms with Crippen LogP contribution in [0.15, 0.2) is 65.1 Å². The molecule has 8 heteroatoms. The topological polar surface area (TPSA) is 40.5 Å². The molecule has 0 aliphatic heterocycles. The molecule has 4 aliphatic rings. The van der Waals surface area contributed by atoms with Crippen LogP contribution in [0, 0.1) is 86.5 Å². The summed E-state index contributed by atoms with van der Waals surface area (Å²) in [6.07, 6.45) is 24.7. The lowest BCUT2D eigenvalue weighted by Gasteiger charge is -2.38. The lowest BCUT2D eigenvalue weighted by molar-refractivity contribution is 0.156. The fourth-order valence-electron chi connectivity index (χ4n) is 12.8. The molecule has 0 heterocycles. The molecular weight excluding hydrogens is 895 g/mol. The third kappa shape index (κ3) is 14.1. The van der Waals surface area contributed by atoms with Gasteiger partial charge >= 0.3 is 7.12 Å². The Balaban J connectivity index is 0.000000186. The summed E-state index contributed by atoms with van der Waals surface area (Å²) < 4.78 is 59.8. The van der Waals surface area contributed by atoms with Gasteiger partial charge in [-0.05, 0) is 192 Å². The second-order valence-electron chi connectivity index (χ2n) is 21.1. The SMILES string of the molecule is CCCC1CCC(C2CCC(c3ccc(-c4cc(C)cc(C)c4)c(F)c3F)CC2)CC1.CCCC1CCC(C2CCC(c3ccc(B(O)O)c(F)c3F)CC2)CC1.Cc1cc(C)cc(Br)c1. The second-order valence-corrected chi connectivity index (χ2v) is 22.0. The van der Waals surface area contributed by atoms with Crippen molar-refractivity contribution >= 4 is 28.5 Å². The molecule has 66 heavy (non-hydrogen) atoms. The third-order valence-corrected chi connectivity index (χ3v) is 16.6. The van der Waals surface area contributed by atoms with Crippen molar-refractivity contribution in [1.29, 1.82) is 0 Å². The maximum atomic E-state index is 15.1. The first kappa shape index (κ1) is 52.4. The highest BCUT2D eigenvalue weighted by Gasteiger charge is 2.34. The minimum Gasteiger partial charge on any atom is -0.423 e. The van der Waals surface area contributed by atoms with E-state index in [2.05, 4.69) is 67.9 Å². The fraction of sp³-hybridized carbons (Fsp3) is 0.586. The maximum Gasteiger partial charge on any atom is 0.491 e. The van der Waals surface area contributed by atoms with Crippen LogP contribution in [-0.2, 0) is 0 Å². The Morgan fingerprint density at radius 1 is 0.470 bits per heavy atom. The average Bonchev–Trinajstić information content (AvgIpc) is 3.29. The van der Waals surface area contributed by atoms with Crippen LogP contribution in [0.5, 0.6) is 0 Å². The molecule has 4 saturated carbocycles. The monoisotopic (exact) mass is 973 g/mol. The van der Waals surface area contributed by atoms with Crippen LogP contribution in [0.1, 0.15) is 187 Å². The second kappa shape index (κ2) is 25.1. The van der Waals surface area contributed by atoms with E-state index in [0.717, 1.165) is 90.7 Å². The van der Waals surface area contributed by atoms with E-state index in [1.54, 1.807) is 6.07 Å². The van der Waals surface area contributed by atoms with Gasteiger partial charge in [0.2, 0.25) is 0 Å². The van der Waals surface area contributed by atoms with Gasteiger partial charge in [-0.3, -0.25) is 0 Å². The Labute approximate surface area is 404 Å². The van der Waals surface area contributed by atoms with Crippen molar-refractivity contribution in [3.05, 3.63) is 122 Å². The largest absolute Gasteiger partial charge is 0.491 e. The highest BCUT2D eigenvalue weighted by molar-refractivity contribution is 9.10. The molecule has 4 aromatic carbocycles. The van der Waals surface area contributed by atoms with E-state index in [-0.39, 0.29) is 17.3 Å². The first-order valence-electron chi connectivity index (χ1n) is 25.8. The standard InChI is InChI=1S/C29H38F2.C21H31BF2O2.C8H9Br/c1-4-5-21-6-8-22(9-7-21)23-10-12-24(13-11-23)26-14-15-27(29(31)28(26)30)25-17-19(2)16-20(3)18-25;1-2-3-14-4-6-15(7-5-14)16-8-10-17(11-9-16)18-12-13-19(22(25)26)21(24)20(18)23;1-6-3-7(2)5-8(9)4-6/h14-18,21-24H,4-13H2,1-3H3;12-17,25-26H,2-11H2,1H3;3-5H,1-2H3. The molecule has 2 nitrogen and oxygen atoms in total. The molecule has 0 saturated heterocycles. The van der Waals surface area contributed by atoms with E-state index >= 15 is 8.78 Å². The van der Waals surface area contributed by atoms with Gasteiger partial charge in [-0.2, -0.15) is 0 Å². The van der Waals surface area contributed by atoms with Crippen LogP contribution < -0.4 is 5.46 Å². The first-order valence-corrected chi connectivity index (χ1v) is 26.6. The van der Waals surface area contributed by atoms with Gasteiger partial charge in [0, 0.05) is 15.5 Å². The summed E-state index contributed by atoms with van der Waals surface area (Å²) in [5.41, 5.74) is 6.51.